The van der Waals surface area contributed by atoms with Gasteiger partial charge in [-0.2, -0.15) is 4.68 Å². The van der Waals surface area contributed by atoms with Gasteiger partial charge in [0.2, 0.25) is 0 Å². The van der Waals surface area contributed by atoms with Gasteiger partial charge >= 0.3 is 12.0 Å². The van der Waals surface area contributed by atoms with Gasteiger partial charge in [0, 0.05) is 13.1 Å². The summed E-state index contributed by atoms with van der Waals surface area (Å²) < 4.78 is 7.35. The Labute approximate surface area is 172 Å². The number of aromatic nitrogens is 4. The maximum atomic E-state index is 10.9. The lowest BCUT2D eigenvalue weighted by Gasteiger charge is -2.08. The largest absolute Gasteiger partial charge is 0.478 e. The molecule has 150 valence electrons. The number of carboxylic acids is 1. The van der Waals surface area contributed by atoms with E-state index in [1.165, 1.54) is 4.68 Å². The van der Waals surface area contributed by atoms with Crippen molar-refractivity contribution in [3.63, 3.8) is 0 Å². The molecule has 0 spiro atoms. The fourth-order valence-electron chi connectivity index (χ4n) is 2.87. The Kier molecular flexibility index (Phi) is 5.77. The van der Waals surface area contributed by atoms with Crippen molar-refractivity contribution in [1.29, 1.82) is 0 Å². The number of hydrogen-bond donors (Lipinski definition) is 2. The number of aromatic carboxylic acids is 1. The van der Waals surface area contributed by atoms with E-state index in [0.717, 1.165) is 16.8 Å². The van der Waals surface area contributed by atoms with Gasteiger partial charge in [-0.15, -0.1) is 0 Å². The quantitative estimate of drug-likeness (QED) is 0.466. The molecule has 0 saturated carbocycles. The molecule has 0 aliphatic carbocycles. The highest BCUT2D eigenvalue weighted by atomic mass is 16.5. The maximum absolute atomic E-state index is 10.9. The first kappa shape index (κ1) is 19.3. The Morgan fingerprint density at radius 1 is 0.900 bits per heavy atom. The maximum Gasteiger partial charge on any atom is 0.345 e. The van der Waals surface area contributed by atoms with E-state index in [-0.39, 0.29) is 11.6 Å². The van der Waals surface area contributed by atoms with Crippen LogP contribution in [0.4, 0.5) is 0 Å². The van der Waals surface area contributed by atoms with Crippen LogP contribution in [0.2, 0.25) is 0 Å². The van der Waals surface area contributed by atoms with Crippen LogP contribution in [-0.4, -0.2) is 31.3 Å². The van der Waals surface area contributed by atoms with Crippen LogP contribution in [0.3, 0.4) is 0 Å². The second-order valence-corrected chi connectivity index (χ2v) is 6.56. The summed E-state index contributed by atoms with van der Waals surface area (Å²) in [6.07, 6.45) is 0. The Balaban J connectivity index is 1.33. The molecule has 8 heteroatoms. The molecule has 0 saturated heterocycles. The Morgan fingerprint density at radius 2 is 1.53 bits per heavy atom. The lowest BCUT2D eigenvalue weighted by molar-refractivity contribution is 0.0697. The zero-order valence-corrected chi connectivity index (χ0v) is 16.0. The van der Waals surface area contributed by atoms with E-state index in [1.54, 1.807) is 12.1 Å². The molecular weight excluding hydrogens is 382 g/mol. The average molecular weight is 401 g/mol. The van der Waals surface area contributed by atoms with Crippen molar-refractivity contribution in [2.45, 2.75) is 13.1 Å². The first-order valence-corrected chi connectivity index (χ1v) is 9.32. The standard InChI is InChI=1S/C22H19N5O3/c28-21(29)18-10-6-16(7-11-18)14-23-15-17-8-12-20(13-9-17)30-22-24-25-26-27(22)19-4-2-1-3-5-19/h1-13,23H,14-15H2,(H,28,29). The van der Waals surface area contributed by atoms with E-state index in [2.05, 4.69) is 20.8 Å². The van der Waals surface area contributed by atoms with E-state index in [0.29, 0.717) is 18.8 Å². The summed E-state index contributed by atoms with van der Waals surface area (Å²) in [5.74, 6) is -0.287. The van der Waals surface area contributed by atoms with Crippen molar-refractivity contribution in [2.24, 2.45) is 0 Å². The van der Waals surface area contributed by atoms with Crippen molar-refractivity contribution < 1.29 is 14.6 Å². The summed E-state index contributed by atoms with van der Waals surface area (Å²) >= 11 is 0. The highest BCUT2D eigenvalue weighted by Crippen LogP contribution is 2.21. The van der Waals surface area contributed by atoms with Crippen LogP contribution in [0.25, 0.3) is 5.69 Å². The van der Waals surface area contributed by atoms with Crippen LogP contribution < -0.4 is 10.1 Å². The molecule has 8 nitrogen and oxygen atoms in total. The van der Waals surface area contributed by atoms with Crippen LogP contribution >= 0.6 is 0 Å². The molecule has 4 rings (SSSR count). The highest BCUT2D eigenvalue weighted by molar-refractivity contribution is 5.87. The third kappa shape index (κ3) is 4.68. The molecule has 1 heterocycles. The number of rotatable bonds is 8. The third-order valence-corrected chi connectivity index (χ3v) is 4.43. The van der Waals surface area contributed by atoms with Crippen LogP contribution in [0, 0.1) is 0 Å². The molecule has 1 aromatic heterocycles. The van der Waals surface area contributed by atoms with E-state index in [9.17, 15) is 4.79 Å². The summed E-state index contributed by atoms with van der Waals surface area (Å²) in [4.78, 5) is 10.9. The molecule has 0 atom stereocenters. The van der Waals surface area contributed by atoms with Crippen LogP contribution in [0.1, 0.15) is 21.5 Å². The van der Waals surface area contributed by atoms with E-state index < -0.39 is 5.97 Å². The summed E-state index contributed by atoms with van der Waals surface area (Å²) in [6, 6.07) is 24.3. The second-order valence-electron chi connectivity index (χ2n) is 6.56. The second kappa shape index (κ2) is 8.97. The number of nitrogens with zero attached hydrogens (tertiary/aromatic N) is 4. The Hall–Kier alpha value is -4.04. The molecule has 0 amide bonds. The van der Waals surface area contributed by atoms with Crippen molar-refractivity contribution in [1.82, 2.24) is 25.5 Å². The van der Waals surface area contributed by atoms with E-state index in [4.69, 9.17) is 9.84 Å². The molecule has 0 unspecified atom stereocenters. The number of benzene rings is 3. The van der Waals surface area contributed by atoms with Gasteiger partial charge in [-0.1, -0.05) is 47.6 Å². The zero-order valence-electron chi connectivity index (χ0n) is 16.0. The molecule has 0 fully saturated rings. The van der Waals surface area contributed by atoms with Crippen molar-refractivity contribution >= 4 is 5.97 Å². The number of carboxylic acid groups (broad SMARTS) is 1. The molecule has 0 aliphatic heterocycles. The summed E-state index contributed by atoms with van der Waals surface area (Å²) in [6.45, 7) is 1.31. The summed E-state index contributed by atoms with van der Waals surface area (Å²) in [5, 5.41) is 23.9. The molecule has 30 heavy (non-hydrogen) atoms. The molecular formula is C22H19N5O3. The van der Waals surface area contributed by atoms with Gasteiger partial charge in [0.25, 0.3) is 0 Å². The van der Waals surface area contributed by atoms with Crippen molar-refractivity contribution in [3.8, 4) is 17.4 Å². The van der Waals surface area contributed by atoms with Gasteiger partial charge in [-0.25, -0.2) is 4.79 Å². The predicted molar refractivity (Wildman–Crippen MR) is 110 cm³/mol. The summed E-state index contributed by atoms with van der Waals surface area (Å²) in [7, 11) is 0. The van der Waals surface area contributed by atoms with Gasteiger partial charge in [-0.3, -0.25) is 0 Å². The van der Waals surface area contributed by atoms with E-state index >= 15 is 0 Å². The molecule has 0 radical (unpaired) electrons. The van der Waals surface area contributed by atoms with E-state index in [1.807, 2.05) is 66.7 Å². The third-order valence-electron chi connectivity index (χ3n) is 4.43. The minimum Gasteiger partial charge on any atom is -0.478 e. The normalized spacial score (nSPS) is 10.7. The molecule has 4 aromatic rings. The summed E-state index contributed by atoms with van der Waals surface area (Å²) in [5.41, 5.74) is 3.21. The van der Waals surface area contributed by atoms with Crippen LogP contribution in [0.15, 0.2) is 78.9 Å². The lowest BCUT2D eigenvalue weighted by atomic mass is 10.1. The molecule has 2 N–H and O–H groups in total. The first-order chi connectivity index (χ1) is 14.7. The lowest BCUT2D eigenvalue weighted by Crippen LogP contribution is -2.12. The Morgan fingerprint density at radius 3 is 2.17 bits per heavy atom. The minimum atomic E-state index is -0.922. The average Bonchev–Trinajstić information content (AvgIpc) is 3.24. The number of ether oxygens (including phenoxy) is 1. The minimum absolute atomic E-state index is 0.285. The number of hydrogen-bond acceptors (Lipinski definition) is 6. The topological polar surface area (TPSA) is 102 Å². The van der Waals surface area contributed by atoms with Gasteiger partial charge in [-0.05, 0) is 58.0 Å². The van der Waals surface area contributed by atoms with Crippen LogP contribution in [-0.2, 0) is 13.1 Å². The van der Waals surface area contributed by atoms with Gasteiger partial charge in [0.15, 0.2) is 0 Å². The molecule has 0 bridgehead atoms. The highest BCUT2D eigenvalue weighted by Gasteiger charge is 2.10. The van der Waals surface area contributed by atoms with Gasteiger partial charge in [0.05, 0.1) is 11.3 Å². The fourth-order valence-corrected chi connectivity index (χ4v) is 2.87. The monoisotopic (exact) mass is 401 g/mol. The van der Waals surface area contributed by atoms with Crippen molar-refractivity contribution in [2.75, 3.05) is 0 Å². The Bertz CT molecular complexity index is 1110. The SMILES string of the molecule is O=C(O)c1ccc(CNCc2ccc(Oc3nnnn3-c3ccccc3)cc2)cc1. The predicted octanol–water partition coefficient (Wildman–Crippen LogP) is 3.44. The number of carbonyl (C=O) groups is 1. The van der Waals surface area contributed by atoms with Gasteiger partial charge < -0.3 is 15.2 Å². The number of nitrogens with one attached hydrogen (secondary N) is 1. The van der Waals surface area contributed by atoms with Crippen LogP contribution in [0.5, 0.6) is 11.8 Å². The number of para-hydroxylation sites is 1. The van der Waals surface area contributed by atoms with Crippen molar-refractivity contribution in [3.05, 3.63) is 95.6 Å². The molecule has 3 aromatic carbocycles. The molecule has 0 aliphatic rings. The first-order valence-electron chi connectivity index (χ1n) is 9.32. The van der Waals surface area contributed by atoms with Gasteiger partial charge in [0.1, 0.15) is 5.75 Å². The fraction of sp³-hybridized carbons (Fsp3) is 0.0909. The number of tetrazole rings is 1. The zero-order chi connectivity index (χ0) is 20.8. The smallest absolute Gasteiger partial charge is 0.345 e.